The maximum atomic E-state index is 14.1. The summed E-state index contributed by atoms with van der Waals surface area (Å²) in [6.45, 7) is 6.40. The summed E-state index contributed by atoms with van der Waals surface area (Å²) in [5, 5.41) is 24.4. The molecule has 202 valence electrons. The number of phenols is 1. The van der Waals surface area contributed by atoms with Gasteiger partial charge in [-0.3, -0.25) is 14.8 Å². The van der Waals surface area contributed by atoms with Crippen LogP contribution in [0, 0.1) is 24.1 Å². The maximum Gasteiger partial charge on any atom is 0.166 e. The largest absolute Gasteiger partial charge is 0.506 e. The van der Waals surface area contributed by atoms with Crippen molar-refractivity contribution in [1.82, 2.24) is 15.3 Å². The minimum Gasteiger partial charge on any atom is -0.506 e. The molecule has 1 atom stereocenters. The smallest absolute Gasteiger partial charge is 0.166 e. The number of ketones is 1. The van der Waals surface area contributed by atoms with Crippen molar-refractivity contribution in [3.63, 3.8) is 0 Å². The van der Waals surface area contributed by atoms with E-state index in [9.17, 15) is 19.6 Å². The molecule has 7 nitrogen and oxygen atoms in total. The van der Waals surface area contributed by atoms with Crippen molar-refractivity contribution in [2.75, 3.05) is 24.5 Å². The Kier molecular flexibility index (Phi) is 6.50. The number of rotatable bonds is 7. The van der Waals surface area contributed by atoms with Gasteiger partial charge in [-0.15, -0.1) is 0 Å². The van der Waals surface area contributed by atoms with Crippen LogP contribution >= 0.6 is 0 Å². The molecule has 1 spiro atoms. The number of nitriles is 1. The number of halogens is 1. The predicted octanol–water partition coefficient (Wildman–Crippen LogP) is 5.63. The fraction of sp³-hybridized carbons (Fsp3) is 0.484. The molecule has 39 heavy (non-hydrogen) atoms. The summed E-state index contributed by atoms with van der Waals surface area (Å²) >= 11 is 0. The van der Waals surface area contributed by atoms with Crippen LogP contribution in [0.2, 0.25) is 0 Å². The van der Waals surface area contributed by atoms with E-state index in [1.54, 1.807) is 6.20 Å². The van der Waals surface area contributed by atoms with E-state index in [1.165, 1.54) is 18.9 Å². The quantitative estimate of drug-likeness (QED) is 0.384. The third-order valence-corrected chi connectivity index (χ3v) is 8.72. The predicted molar refractivity (Wildman–Crippen MR) is 148 cm³/mol. The molecule has 1 saturated heterocycles. The molecule has 3 aliphatic rings. The topological polar surface area (TPSA) is 102 Å². The summed E-state index contributed by atoms with van der Waals surface area (Å²) in [6, 6.07) is 6.19. The molecule has 2 aliphatic carbocycles. The lowest BCUT2D eigenvalue weighted by Crippen LogP contribution is -2.32. The van der Waals surface area contributed by atoms with Crippen LogP contribution in [0.1, 0.15) is 96.6 Å². The van der Waals surface area contributed by atoms with Crippen LogP contribution in [0.15, 0.2) is 24.4 Å². The average molecular weight is 528 g/mol. The van der Waals surface area contributed by atoms with Crippen molar-refractivity contribution < 1.29 is 14.3 Å². The molecule has 0 unspecified atom stereocenters. The average Bonchev–Trinajstić information content (AvgIpc) is 3.84. The number of hydrogen-bond donors (Lipinski definition) is 2. The minimum absolute atomic E-state index is 0.0246. The molecule has 0 radical (unpaired) electrons. The molecule has 6 rings (SSSR count). The third kappa shape index (κ3) is 4.96. The van der Waals surface area contributed by atoms with E-state index in [0.29, 0.717) is 23.5 Å². The Morgan fingerprint density at radius 3 is 2.79 bits per heavy atom. The molecule has 1 aliphatic heterocycles. The zero-order chi connectivity index (χ0) is 27.3. The van der Waals surface area contributed by atoms with Crippen molar-refractivity contribution in [2.24, 2.45) is 0 Å². The van der Waals surface area contributed by atoms with Crippen LogP contribution in [0.25, 0.3) is 10.9 Å². The highest BCUT2D eigenvalue weighted by atomic mass is 19.1. The van der Waals surface area contributed by atoms with Crippen LogP contribution in [0.4, 0.5) is 10.1 Å². The number of anilines is 1. The van der Waals surface area contributed by atoms with Crippen molar-refractivity contribution in [3.05, 3.63) is 58.3 Å². The van der Waals surface area contributed by atoms with E-state index in [1.807, 2.05) is 19.9 Å². The standard InChI is InChI=1S/C31H34FN5O2/c1-18(23-15-22(32)14-21(16-33)30(23)39)3-6-26(38)25-17-34-28-24(13-19(2)36-27(28)20-4-5-20)29(25)37-11-9-31(7-8-31)35-10-12-37/h13-15,17-18,20,35,39H,3-12H2,1-2H3/t18-/m1/s1. The van der Waals surface area contributed by atoms with Gasteiger partial charge in [0, 0.05) is 60.4 Å². The van der Waals surface area contributed by atoms with Gasteiger partial charge in [0.1, 0.15) is 17.6 Å². The monoisotopic (exact) mass is 527 g/mol. The molecule has 3 fully saturated rings. The molecule has 0 bridgehead atoms. The van der Waals surface area contributed by atoms with Gasteiger partial charge < -0.3 is 15.3 Å². The molecular weight excluding hydrogens is 493 g/mol. The van der Waals surface area contributed by atoms with E-state index in [4.69, 9.17) is 9.97 Å². The first-order valence-corrected chi connectivity index (χ1v) is 14.0. The fourth-order valence-corrected chi connectivity index (χ4v) is 6.05. The van der Waals surface area contributed by atoms with Gasteiger partial charge >= 0.3 is 0 Å². The van der Waals surface area contributed by atoms with E-state index in [0.717, 1.165) is 72.9 Å². The second kappa shape index (κ2) is 9.87. The Bertz CT molecular complexity index is 1510. The van der Waals surface area contributed by atoms with Gasteiger partial charge in [0.2, 0.25) is 0 Å². The second-order valence-corrected chi connectivity index (χ2v) is 11.6. The molecule has 1 aromatic carbocycles. The first-order valence-electron chi connectivity index (χ1n) is 14.0. The van der Waals surface area contributed by atoms with Gasteiger partial charge in [0.05, 0.1) is 28.0 Å². The number of fused-ring (bicyclic) bond motifs is 1. The van der Waals surface area contributed by atoms with E-state index in [-0.39, 0.29) is 35.0 Å². The summed E-state index contributed by atoms with van der Waals surface area (Å²) in [7, 11) is 0. The second-order valence-electron chi connectivity index (χ2n) is 11.6. The summed E-state index contributed by atoms with van der Waals surface area (Å²) in [5.41, 5.74) is 4.94. The summed E-state index contributed by atoms with van der Waals surface area (Å²) in [6.07, 6.45) is 8.05. The Balaban J connectivity index is 1.34. The van der Waals surface area contributed by atoms with Crippen LogP contribution in [-0.2, 0) is 0 Å². The van der Waals surface area contributed by atoms with E-state index < -0.39 is 5.82 Å². The summed E-state index contributed by atoms with van der Waals surface area (Å²) in [5.74, 6) is -0.680. The van der Waals surface area contributed by atoms with Gasteiger partial charge in [-0.1, -0.05) is 6.92 Å². The Morgan fingerprint density at radius 2 is 2.08 bits per heavy atom. The molecule has 3 aromatic rings. The highest BCUT2D eigenvalue weighted by molar-refractivity contribution is 6.08. The first kappa shape index (κ1) is 25.7. The maximum absolute atomic E-state index is 14.1. The molecule has 3 heterocycles. The van der Waals surface area contributed by atoms with E-state index >= 15 is 0 Å². The Labute approximate surface area is 228 Å². The van der Waals surface area contributed by atoms with Crippen LogP contribution in [0.3, 0.4) is 0 Å². The van der Waals surface area contributed by atoms with Gasteiger partial charge in [-0.2, -0.15) is 5.26 Å². The number of benzene rings is 1. The number of phenolic OH excluding ortho intramolecular Hbond substituents is 1. The highest BCUT2D eigenvalue weighted by Crippen LogP contribution is 2.45. The van der Waals surface area contributed by atoms with Gasteiger partial charge in [0.25, 0.3) is 0 Å². The number of nitrogens with one attached hydrogen (secondary N) is 1. The minimum atomic E-state index is -0.572. The first-order chi connectivity index (χ1) is 18.8. The summed E-state index contributed by atoms with van der Waals surface area (Å²) in [4.78, 5) is 25.8. The Morgan fingerprint density at radius 1 is 1.28 bits per heavy atom. The molecule has 0 amide bonds. The summed E-state index contributed by atoms with van der Waals surface area (Å²) < 4.78 is 14.1. The van der Waals surface area contributed by atoms with Gasteiger partial charge in [-0.05, 0) is 69.6 Å². The fourth-order valence-electron chi connectivity index (χ4n) is 6.05. The van der Waals surface area contributed by atoms with Crippen LogP contribution in [0.5, 0.6) is 5.75 Å². The normalized spacial score (nSPS) is 19.1. The SMILES string of the molecule is Cc1cc2c(N3CCNC4(CC3)CC4)c(C(=O)CC[C@@H](C)c3cc(F)cc(C#N)c3O)cnc2c(C2CC2)n1. The lowest BCUT2D eigenvalue weighted by Gasteiger charge is -2.27. The molecule has 2 saturated carbocycles. The number of carbonyl (C=O) groups is 1. The Hall–Kier alpha value is -3.57. The number of nitrogens with zero attached hydrogens (tertiary/aromatic N) is 4. The molecule has 2 N–H and O–H groups in total. The van der Waals surface area contributed by atoms with Crippen molar-refractivity contribution in [2.45, 2.75) is 76.2 Å². The molecular formula is C31H34FN5O2. The zero-order valence-corrected chi connectivity index (χ0v) is 22.6. The number of Topliss-reactive ketones (excluding diaryl/α,β-unsaturated/α-hetero) is 1. The lowest BCUT2D eigenvalue weighted by molar-refractivity contribution is 0.0978. The van der Waals surface area contributed by atoms with Gasteiger partial charge in [-0.25, -0.2) is 4.39 Å². The van der Waals surface area contributed by atoms with Crippen molar-refractivity contribution >= 4 is 22.4 Å². The number of aryl methyl sites for hydroxylation is 1. The molecule has 2 aromatic heterocycles. The molecule has 8 heteroatoms. The highest BCUT2D eigenvalue weighted by Gasteiger charge is 2.43. The van der Waals surface area contributed by atoms with Crippen molar-refractivity contribution in [1.29, 1.82) is 5.26 Å². The van der Waals surface area contributed by atoms with Gasteiger partial charge in [0.15, 0.2) is 5.78 Å². The number of aromatic hydroxyl groups is 1. The zero-order valence-electron chi connectivity index (χ0n) is 22.6. The number of hydrogen-bond acceptors (Lipinski definition) is 7. The number of carbonyl (C=O) groups excluding carboxylic acids is 1. The van der Waals surface area contributed by atoms with E-state index in [2.05, 4.69) is 16.3 Å². The lowest BCUT2D eigenvalue weighted by atomic mass is 9.91. The number of pyridine rings is 2. The van der Waals surface area contributed by atoms with Crippen molar-refractivity contribution in [3.8, 4) is 11.8 Å². The van der Waals surface area contributed by atoms with Crippen LogP contribution in [-0.4, -0.2) is 46.0 Å². The third-order valence-electron chi connectivity index (χ3n) is 8.72. The van der Waals surface area contributed by atoms with Crippen LogP contribution < -0.4 is 10.2 Å². The number of aromatic nitrogens is 2.